The Morgan fingerprint density at radius 3 is 1.83 bits per heavy atom. The third kappa shape index (κ3) is 5.98. The van der Waals surface area contributed by atoms with Crippen LogP contribution in [0.2, 0.25) is 0 Å². The monoisotopic (exact) mass is 795 g/mol. The van der Waals surface area contributed by atoms with Crippen LogP contribution in [0.3, 0.4) is 0 Å². The van der Waals surface area contributed by atoms with Crippen LogP contribution in [0.25, 0.3) is 27.6 Å². The first kappa shape index (κ1) is 40.2. The highest BCUT2D eigenvalue weighted by Crippen LogP contribution is 2.76. The van der Waals surface area contributed by atoms with E-state index in [1.807, 2.05) is 6.20 Å². The molecule has 2 aliphatic heterocycles. The second kappa shape index (κ2) is 12.9. The van der Waals surface area contributed by atoms with E-state index in [-0.39, 0.29) is 27.1 Å². The molecule has 0 bridgehead atoms. The summed E-state index contributed by atoms with van der Waals surface area (Å²) in [5, 5.41) is 2.37. The third-order valence-electron chi connectivity index (χ3n) is 14.1. The van der Waals surface area contributed by atoms with Crippen molar-refractivity contribution in [2.24, 2.45) is 5.41 Å². The molecular weight excluding hydrogens is 733 g/mol. The van der Waals surface area contributed by atoms with Gasteiger partial charge in [0.15, 0.2) is 18.0 Å². The fourth-order valence-electron chi connectivity index (χ4n) is 9.18. The van der Waals surface area contributed by atoms with Crippen molar-refractivity contribution in [3.05, 3.63) is 150 Å². The van der Waals surface area contributed by atoms with Gasteiger partial charge in [0.2, 0.25) is 11.4 Å². The molecule has 5 aromatic carbocycles. The van der Waals surface area contributed by atoms with Crippen LogP contribution < -0.4 is 13.9 Å². The number of aromatic nitrogens is 2. The van der Waals surface area contributed by atoms with Crippen LogP contribution in [0.1, 0.15) is 119 Å². The van der Waals surface area contributed by atoms with Gasteiger partial charge in [0.05, 0.1) is 11.0 Å². The van der Waals surface area contributed by atoms with Crippen molar-refractivity contribution in [1.29, 1.82) is 0 Å². The quantitative estimate of drug-likeness (QED) is 0.0952. The Morgan fingerprint density at radius 2 is 1.13 bits per heavy atom. The number of hydrogen-bond donors (Lipinski definition) is 0. The number of hydrogen-bond acceptors (Lipinski definition) is 2. The highest BCUT2D eigenvalue weighted by molar-refractivity contribution is 6.09. The van der Waals surface area contributed by atoms with E-state index in [2.05, 4.69) is 223 Å². The molecule has 1 saturated heterocycles. The molecule has 0 radical (unpaired) electrons. The average molecular weight is 796 g/mol. The Labute approximate surface area is 358 Å². The van der Waals surface area contributed by atoms with Crippen LogP contribution in [-0.4, -0.2) is 9.55 Å². The molecule has 308 valence electrons. The molecule has 1 unspecified atom stereocenters. The van der Waals surface area contributed by atoms with Crippen molar-refractivity contribution in [3.8, 4) is 17.3 Å². The molecule has 60 heavy (non-hydrogen) atoms. The van der Waals surface area contributed by atoms with Gasteiger partial charge >= 0.3 is 0 Å². The molecule has 0 saturated carbocycles. The van der Waals surface area contributed by atoms with Gasteiger partial charge in [-0.15, -0.1) is 0 Å². The normalized spacial score (nSPS) is 19.2. The lowest BCUT2D eigenvalue weighted by Gasteiger charge is -2.42. The van der Waals surface area contributed by atoms with Crippen LogP contribution in [0.5, 0.6) is 11.5 Å². The van der Waals surface area contributed by atoms with Crippen molar-refractivity contribution in [2.45, 2.75) is 119 Å². The number of para-hydroxylation sites is 1. The number of rotatable bonds is 6. The van der Waals surface area contributed by atoms with Crippen molar-refractivity contribution >= 4 is 44.6 Å². The molecule has 9 rings (SSSR count). The van der Waals surface area contributed by atoms with Gasteiger partial charge in [-0.05, 0) is 85.7 Å². The van der Waals surface area contributed by atoms with E-state index >= 15 is 0 Å². The second-order valence-corrected chi connectivity index (χ2v) is 22.1. The maximum Gasteiger partial charge on any atom is 0.225 e. The fourth-order valence-corrected chi connectivity index (χ4v) is 9.18. The SMILES string of the molecule is CC(C)(C)c1cc(Oc2ccc3c4ccccc4n(-c4cc(C(C)(C)C)ccn4)c3c2)cc([N+]23[CH-][N@+]2(c2cccc(C(C)(C)C(C)(C)C)c2)c2ccc(C(C)(C)C)cc23)c1. The Bertz CT molecular complexity index is 2850. The molecular formula is C55H63N4O+. The predicted molar refractivity (Wildman–Crippen MR) is 254 cm³/mol. The summed E-state index contributed by atoms with van der Waals surface area (Å²) in [6.07, 6.45) is 1.94. The van der Waals surface area contributed by atoms with Crippen LogP contribution in [-0.2, 0) is 21.7 Å². The zero-order chi connectivity index (χ0) is 43.0. The minimum absolute atomic E-state index is 0.00508. The summed E-state index contributed by atoms with van der Waals surface area (Å²) < 4.78 is 10.6. The average Bonchev–Trinajstić information content (AvgIpc) is 3.67. The van der Waals surface area contributed by atoms with Gasteiger partial charge in [0, 0.05) is 59.4 Å². The molecule has 2 atom stereocenters. The van der Waals surface area contributed by atoms with Crippen molar-refractivity contribution in [3.63, 3.8) is 0 Å². The highest BCUT2D eigenvalue weighted by atomic mass is 16.5. The first-order valence-corrected chi connectivity index (χ1v) is 21.7. The van der Waals surface area contributed by atoms with Gasteiger partial charge in [-0.3, -0.25) is 4.57 Å². The molecule has 4 heterocycles. The van der Waals surface area contributed by atoms with Crippen molar-refractivity contribution in [2.75, 3.05) is 0 Å². The molecule has 1 fully saturated rings. The van der Waals surface area contributed by atoms with E-state index in [0.717, 1.165) is 28.4 Å². The maximum atomic E-state index is 7.05. The summed E-state index contributed by atoms with van der Waals surface area (Å²) in [5.41, 5.74) is 12.5. The molecule has 0 aliphatic carbocycles. The van der Waals surface area contributed by atoms with E-state index in [1.165, 1.54) is 55.8 Å². The van der Waals surface area contributed by atoms with E-state index in [0.29, 0.717) is 9.18 Å². The van der Waals surface area contributed by atoms with E-state index in [9.17, 15) is 0 Å². The Balaban J connectivity index is 1.20. The van der Waals surface area contributed by atoms with Crippen LogP contribution >= 0.6 is 0 Å². The number of ether oxygens (including phenoxy) is 1. The van der Waals surface area contributed by atoms with Gasteiger partial charge < -0.3 is 4.74 Å². The summed E-state index contributed by atoms with van der Waals surface area (Å²) in [5.74, 6) is 2.54. The zero-order valence-electron chi connectivity index (χ0n) is 38.3. The van der Waals surface area contributed by atoms with Crippen LogP contribution in [0, 0.1) is 12.1 Å². The van der Waals surface area contributed by atoms with E-state index in [1.54, 1.807) is 0 Å². The fraction of sp³-hybridized carbons (Fsp3) is 0.345. The molecule has 5 nitrogen and oxygen atoms in total. The lowest BCUT2D eigenvalue weighted by atomic mass is 9.65. The Morgan fingerprint density at radius 1 is 0.483 bits per heavy atom. The lowest BCUT2D eigenvalue weighted by Crippen LogP contribution is -2.47. The predicted octanol–water partition coefficient (Wildman–Crippen LogP) is 15.5. The Hall–Kier alpha value is -5.23. The molecule has 7 aromatic rings. The smallest absolute Gasteiger partial charge is 0.225 e. The second-order valence-electron chi connectivity index (χ2n) is 22.1. The molecule has 5 heteroatoms. The Kier molecular flexibility index (Phi) is 8.64. The topological polar surface area (TPSA) is 27.1 Å². The number of fused-ring (bicyclic) bond motifs is 7. The number of nitrogens with zero attached hydrogens (tertiary/aromatic N) is 4. The van der Waals surface area contributed by atoms with Crippen molar-refractivity contribution < 1.29 is 4.74 Å². The number of benzene rings is 5. The molecule has 2 aromatic heterocycles. The van der Waals surface area contributed by atoms with Gasteiger partial charge in [0.25, 0.3) is 0 Å². The minimum atomic E-state index is -0.115. The summed E-state index contributed by atoms with van der Waals surface area (Å²) in [7, 11) is 0. The van der Waals surface area contributed by atoms with Crippen molar-refractivity contribution in [1.82, 2.24) is 18.7 Å². The summed E-state index contributed by atoms with van der Waals surface area (Å²) in [6.45, 7) is 34.9. The third-order valence-corrected chi connectivity index (χ3v) is 14.1. The maximum absolute atomic E-state index is 7.05. The highest BCUT2D eigenvalue weighted by Gasteiger charge is 2.78. The van der Waals surface area contributed by atoms with E-state index < -0.39 is 0 Å². The first-order valence-electron chi connectivity index (χ1n) is 21.7. The van der Waals surface area contributed by atoms with E-state index in [4.69, 9.17) is 9.72 Å². The summed E-state index contributed by atoms with van der Waals surface area (Å²) in [4.78, 5) is 4.92. The summed E-state index contributed by atoms with van der Waals surface area (Å²) in [6, 6.07) is 43.0. The molecule has 0 N–H and O–H groups in total. The van der Waals surface area contributed by atoms with Gasteiger partial charge in [-0.2, -0.15) is 9.18 Å². The van der Waals surface area contributed by atoms with Gasteiger partial charge in [-0.1, -0.05) is 133 Å². The first-order chi connectivity index (χ1) is 28.0. The molecule has 2 aliphatic rings. The molecule has 0 spiro atoms. The standard InChI is InChI=1S/C55H63N4O/c1-51(2,3)36-22-25-48-49(31-36)59(35-58(48,59)40-19-17-18-38(28-40)55(13,14)54(10,11)12)41-29-39(53(7,8)9)30-43(33-41)60-42-23-24-45-44-20-15-16-21-46(44)57(47(45)34-42)50-32-37(26-27-56-50)52(4,5)6/h15-35H,1-14H3/q+1/t58-,59?/m0/s1. The van der Waals surface area contributed by atoms with Gasteiger partial charge in [0.1, 0.15) is 17.3 Å². The van der Waals surface area contributed by atoms with Gasteiger partial charge in [-0.25, -0.2) is 4.98 Å². The minimum Gasteiger partial charge on any atom is -0.457 e. The summed E-state index contributed by atoms with van der Waals surface area (Å²) >= 11 is 0. The number of quaternary nitrogens is 2. The van der Waals surface area contributed by atoms with Crippen LogP contribution in [0.4, 0.5) is 22.7 Å². The lowest BCUT2D eigenvalue weighted by molar-refractivity contribution is 0.225. The number of pyridine rings is 1. The zero-order valence-corrected chi connectivity index (χ0v) is 38.3. The van der Waals surface area contributed by atoms with Crippen LogP contribution in [0.15, 0.2) is 121 Å². The molecule has 0 amide bonds. The largest absolute Gasteiger partial charge is 0.457 e.